The summed E-state index contributed by atoms with van der Waals surface area (Å²) in [5, 5.41) is 4.69. The van der Waals surface area contributed by atoms with Crippen molar-refractivity contribution in [1.29, 1.82) is 0 Å². The van der Waals surface area contributed by atoms with Crippen molar-refractivity contribution >= 4 is 28.4 Å². The Bertz CT molecular complexity index is 1600. The van der Waals surface area contributed by atoms with Crippen LogP contribution in [-0.2, 0) is 4.74 Å². The number of fused-ring (bicyclic) bond motifs is 1. The average Bonchev–Trinajstić information content (AvgIpc) is 2.93. The Balaban J connectivity index is 1.38. The first kappa shape index (κ1) is 28.2. The molecule has 0 unspecified atom stereocenters. The second-order valence-electron chi connectivity index (χ2n) is 11.5. The number of carbonyl (C=O) groups is 1. The molecule has 1 fully saturated rings. The molecule has 1 aliphatic heterocycles. The van der Waals surface area contributed by atoms with Gasteiger partial charge < -0.3 is 24.7 Å². The number of hydrogen-bond acceptors (Lipinski definition) is 6. The van der Waals surface area contributed by atoms with E-state index >= 15 is 0 Å². The summed E-state index contributed by atoms with van der Waals surface area (Å²) >= 11 is 0. The van der Waals surface area contributed by atoms with Crippen LogP contribution in [0.4, 0.5) is 16.3 Å². The number of nitrogens with one attached hydrogen (secondary N) is 2. The number of carbonyl (C=O) groups excluding carboxylic acids is 1. The average molecular weight is 555 g/mol. The van der Waals surface area contributed by atoms with E-state index in [2.05, 4.69) is 28.5 Å². The molecule has 8 nitrogen and oxygen atoms in total. The van der Waals surface area contributed by atoms with Crippen LogP contribution >= 0.6 is 0 Å². The highest BCUT2D eigenvalue weighted by atomic mass is 16.6. The van der Waals surface area contributed by atoms with Crippen LogP contribution in [0.25, 0.3) is 22.0 Å². The summed E-state index contributed by atoms with van der Waals surface area (Å²) in [7, 11) is 0. The summed E-state index contributed by atoms with van der Waals surface area (Å²) in [6.45, 7) is 11.5. The number of ether oxygens (including phenoxy) is 2. The van der Waals surface area contributed by atoms with Gasteiger partial charge in [0.25, 0.3) is 5.56 Å². The van der Waals surface area contributed by atoms with E-state index < -0.39 is 5.60 Å². The Hall–Kier alpha value is -4.33. The second kappa shape index (κ2) is 11.6. The second-order valence-corrected chi connectivity index (χ2v) is 11.5. The fourth-order valence-corrected chi connectivity index (χ4v) is 5.27. The number of aromatic amines is 1. The highest BCUT2D eigenvalue weighted by molar-refractivity contribution is 5.95. The lowest BCUT2D eigenvalue weighted by molar-refractivity contribution is 0.0205. The molecule has 0 radical (unpaired) electrons. The standard InChI is InChI=1S/C33H38N4O4/c1-6-40-28-12-7-21(2)19-26(28)27-20-24-13-16-34-31(38)29(24)30(36-27)35-25-10-8-22(9-11-25)23-14-17-37(18-15-23)32(39)41-33(3,4)5/h7-13,16,19-20,23H,6,14-15,17-18H2,1-5H3,(H,34,38)(H,35,36). The summed E-state index contributed by atoms with van der Waals surface area (Å²) < 4.78 is 11.4. The zero-order chi connectivity index (χ0) is 29.1. The first-order chi connectivity index (χ1) is 19.6. The molecule has 0 saturated carbocycles. The molecule has 0 aliphatic carbocycles. The smallest absolute Gasteiger partial charge is 0.410 e. The Morgan fingerprint density at radius 1 is 1.07 bits per heavy atom. The van der Waals surface area contributed by atoms with Gasteiger partial charge >= 0.3 is 6.09 Å². The van der Waals surface area contributed by atoms with Crippen molar-refractivity contribution in [3.8, 4) is 17.0 Å². The van der Waals surface area contributed by atoms with Gasteiger partial charge in [0.05, 0.1) is 17.7 Å². The molecule has 2 aromatic carbocycles. The topological polar surface area (TPSA) is 96.6 Å². The number of anilines is 2. The van der Waals surface area contributed by atoms with Crippen LogP contribution in [0.15, 0.2) is 65.6 Å². The fourth-order valence-electron chi connectivity index (χ4n) is 5.27. The molecule has 8 heteroatoms. The highest BCUT2D eigenvalue weighted by Crippen LogP contribution is 2.35. The molecule has 0 spiro atoms. The van der Waals surface area contributed by atoms with E-state index in [1.807, 2.05) is 71.0 Å². The molecule has 2 N–H and O–H groups in total. The SMILES string of the molecule is CCOc1ccc(C)cc1-c1cc2cc[nH]c(=O)c2c(Nc2ccc(C3CCN(C(=O)OC(C)(C)C)CC3)cc2)n1. The van der Waals surface area contributed by atoms with Crippen molar-refractivity contribution in [3.63, 3.8) is 0 Å². The molecule has 2 aromatic heterocycles. The lowest BCUT2D eigenvalue weighted by Crippen LogP contribution is -2.41. The maximum absolute atomic E-state index is 12.9. The molecule has 1 amide bonds. The molecule has 4 aromatic rings. The van der Waals surface area contributed by atoms with E-state index in [0.29, 0.717) is 36.8 Å². The third-order valence-electron chi connectivity index (χ3n) is 7.26. The number of amides is 1. The third kappa shape index (κ3) is 6.53. The van der Waals surface area contributed by atoms with E-state index in [4.69, 9.17) is 14.5 Å². The molecule has 41 heavy (non-hydrogen) atoms. The molecule has 3 heterocycles. The number of aromatic nitrogens is 2. The summed E-state index contributed by atoms with van der Waals surface area (Å²) in [5.74, 6) is 1.61. The lowest BCUT2D eigenvalue weighted by Gasteiger charge is -2.33. The number of piperidine rings is 1. The predicted molar refractivity (Wildman–Crippen MR) is 163 cm³/mol. The van der Waals surface area contributed by atoms with Gasteiger partial charge in [-0.05, 0) is 101 Å². The first-order valence-corrected chi connectivity index (χ1v) is 14.2. The summed E-state index contributed by atoms with van der Waals surface area (Å²) in [5.41, 5.74) is 4.07. The van der Waals surface area contributed by atoms with Gasteiger partial charge in [-0.25, -0.2) is 9.78 Å². The van der Waals surface area contributed by atoms with Crippen molar-refractivity contribution in [3.05, 3.63) is 82.3 Å². The summed E-state index contributed by atoms with van der Waals surface area (Å²) in [4.78, 5) is 34.8. The molecule has 1 aliphatic rings. The Morgan fingerprint density at radius 2 is 1.80 bits per heavy atom. The van der Waals surface area contributed by atoms with Gasteiger partial charge in [-0.15, -0.1) is 0 Å². The van der Waals surface area contributed by atoms with Crippen LogP contribution in [0.3, 0.4) is 0 Å². The molecule has 5 rings (SSSR count). The number of nitrogens with zero attached hydrogens (tertiary/aromatic N) is 2. The fraction of sp³-hybridized carbons (Fsp3) is 0.364. The Labute approximate surface area is 240 Å². The minimum absolute atomic E-state index is 0.202. The van der Waals surface area contributed by atoms with E-state index in [9.17, 15) is 9.59 Å². The number of H-pyrrole nitrogens is 1. The number of benzene rings is 2. The quantitative estimate of drug-likeness (QED) is 0.263. The zero-order valence-corrected chi connectivity index (χ0v) is 24.4. The number of pyridine rings is 2. The van der Waals surface area contributed by atoms with Gasteiger partial charge in [0.15, 0.2) is 0 Å². The molecular weight excluding hydrogens is 516 g/mol. The van der Waals surface area contributed by atoms with Gasteiger partial charge in [0.2, 0.25) is 0 Å². The first-order valence-electron chi connectivity index (χ1n) is 14.2. The maximum Gasteiger partial charge on any atom is 0.410 e. The largest absolute Gasteiger partial charge is 0.493 e. The van der Waals surface area contributed by atoms with Crippen molar-refractivity contribution in [2.45, 2.75) is 59.0 Å². The van der Waals surface area contributed by atoms with Crippen LogP contribution in [0.5, 0.6) is 5.75 Å². The van der Waals surface area contributed by atoms with Crippen LogP contribution in [0.1, 0.15) is 57.6 Å². The van der Waals surface area contributed by atoms with E-state index in [-0.39, 0.29) is 11.7 Å². The minimum Gasteiger partial charge on any atom is -0.493 e. The monoisotopic (exact) mass is 554 g/mol. The van der Waals surface area contributed by atoms with Gasteiger partial charge in [0.1, 0.15) is 17.2 Å². The molecular formula is C33H38N4O4. The number of aryl methyl sites for hydroxylation is 1. The number of likely N-dealkylation sites (tertiary alicyclic amines) is 1. The van der Waals surface area contributed by atoms with Gasteiger partial charge in [0, 0.05) is 30.5 Å². The Morgan fingerprint density at radius 3 is 2.49 bits per heavy atom. The molecule has 0 atom stereocenters. The zero-order valence-electron chi connectivity index (χ0n) is 24.4. The van der Waals surface area contributed by atoms with Crippen molar-refractivity contribution in [2.24, 2.45) is 0 Å². The van der Waals surface area contributed by atoms with Gasteiger partial charge in [-0.2, -0.15) is 0 Å². The molecule has 0 bridgehead atoms. The van der Waals surface area contributed by atoms with Crippen molar-refractivity contribution in [2.75, 3.05) is 25.0 Å². The van der Waals surface area contributed by atoms with Gasteiger partial charge in [-0.1, -0.05) is 23.8 Å². The summed E-state index contributed by atoms with van der Waals surface area (Å²) in [6, 6.07) is 18.1. The maximum atomic E-state index is 12.9. The normalized spacial score (nSPS) is 14.2. The lowest BCUT2D eigenvalue weighted by atomic mass is 9.89. The Kier molecular flexibility index (Phi) is 8.01. The minimum atomic E-state index is -0.493. The van der Waals surface area contributed by atoms with Crippen LogP contribution in [-0.4, -0.2) is 46.3 Å². The molecule has 1 saturated heterocycles. The van der Waals surface area contributed by atoms with Crippen molar-refractivity contribution in [1.82, 2.24) is 14.9 Å². The third-order valence-corrected chi connectivity index (χ3v) is 7.26. The van der Waals surface area contributed by atoms with Crippen LogP contribution in [0.2, 0.25) is 0 Å². The van der Waals surface area contributed by atoms with Crippen LogP contribution in [0, 0.1) is 6.92 Å². The molecule has 214 valence electrons. The predicted octanol–water partition coefficient (Wildman–Crippen LogP) is 7.16. The van der Waals surface area contributed by atoms with E-state index in [1.165, 1.54) is 5.56 Å². The highest BCUT2D eigenvalue weighted by Gasteiger charge is 2.27. The number of hydrogen-bond donors (Lipinski definition) is 2. The number of rotatable bonds is 6. The van der Waals surface area contributed by atoms with Gasteiger partial charge in [-0.3, -0.25) is 4.79 Å². The van der Waals surface area contributed by atoms with Crippen molar-refractivity contribution < 1.29 is 14.3 Å². The van der Waals surface area contributed by atoms with Crippen LogP contribution < -0.4 is 15.6 Å². The summed E-state index contributed by atoms with van der Waals surface area (Å²) in [6.07, 6.45) is 3.18. The van der Waals surface area contributed by atoms with E-state index in [0.717, 1.165) is 46.5 Å². The van der Waals surface area contributed by atoms with E-state index in [1.54, 1.807) is 11.1 Å².